The van der Waals surface area contributed by atoms with Crippen LogP contribution in [0.25, 0.3) is 0 Å². The summed E-state index contributed by atoms with van der Waals surface area (Å²) in [5, 5.41) is 162. The molecule has 37 atom stereocenters. The van der Waals surface area contributed by atoms with Crippen molar-refractivity contribution in [3.05, 3.63) is 0 Å². The molecule has 10 fully saturated rings. The molecule has 0 aromatic carbocycles. The molecule has 10 aliphatic rings. The Bertz CT molecular complexity index is 2140. The van der Waals surface area contributed by atoms with Crippen LogP contribution in [-0.2, 0) is 52.1 Å². The predicted octanol–water partition coefficient (Wildman–Crippen LogP) is -3.05. The summed E-state index contributed by atoms with van der Waals surface area (Å²) in [5.41, 5.74) is -0.158. The van der Waals surface area contributed by atoms with Gasteiger partial charge in [0.25, 0.3) is 0 Å². The normalized spacial score (nSPS) is 56.8. The first kappa shape index (κ1) is 64.9. The molecular formula is C57H96O26. The largest absolute Gasteiger partial charge is 0.394 e. The maximum Gasteiger partial charge on any atom is 0.187 e. The van der Waals surface area contributed by atoms with Gasteiger partial charge in [0.1, 0.15) is 104 Å². The minimum atomic E-state index is -1.88. The number of hydrogen-bond donors (Lipinski definition) is 15. The summed E-state index contributed by atoms with van der Waals surface area (Å²) in [6.45, 7) is 12.0. The van der Waals surface area contributed by atoms with Crippen LogP contribution in [0.1, 0.15) is 113 Å². The monoisotopic (exact) mass is 1200 g/mol. The van der Waals surface area contributed by atoms with E-state index in [2.05, 4.69) is 20.8 Å². The first-order valence-corrected chi connectivity index (χ1v) is 30.5. The van der Waals surface area contributed by atoms with Crippen molar-refractivity contribution in [2.45, 2.75) is 284 Å². The maximum absolute atomic E-state index is 12.2. The minimum absolute atomic E-state index is 0.0788. The first-order chi connectivity index (χ1) is 39.2. The molecule has 4 saturated carbocycles. The highest BCUT2D eigenvalue weighted by Crippen LogP contribution is 2.71. The highest BCUT2D eigenvalue weighted by Gasteiger charge is 2.69. The smallest absolute Gasteiger partial charge is 0.187 e. The van der Waals surface area contributed by atoms with Crippen molar-refractivity contribution in [2.24, 2.45) is 52.3 Å². The molecule has 6 aliphatic heterocycles. The SMILES string of the molecule is CC(CCC1(O)OC2CC3C4CCC5CC(OC6OC(CO)C(OC7OC(C)C(O)C(O)C7O)C(OC7OC(C)C(O)C(O)C7O)C6OC6OC(C)C(O)C(O)C6O)CCC5(C)C4CCC3(C)C2C1C)COC1OC(CO)C(O)C(O)C1O. The number of hydrogen-bond acceptors (Lipinski definition) is 26. The Morgan fingerprint density at radius 3 is 1.57 bits per heavy atom. The van der Waals surface area contributed by atoms with Gasteiger partial charge in [-0.05, 0) is 125 Å². The van der Waals surface area contributed by atoms with Gasteiger partial charge in [0.2, 0.25) is 0 Å². The van der Waals surface area contributed by atoms with Gasteiger partial charge in [-0.2, -0.15) is 0 Å². The lowest BCUT2D eigenvalue weighted by Crippen LogP contribution is -2.68. The second-order valence-electron chi connectivity index (χ2n) is 27.0. The molecule has 26 nitrogen and oxygen atoms in total. The number of aliphatic hydroxyl groups excluding tert-OH is 14. The van der Waals surface area contributed by atoms with Crippen LogP contribution in [0.3, 0.4) is 0 Å². The van der Waals surface area contributed by atoms with E-state index in [9.17, 15) is 76.6 Å². The zero-order valence-electron chi connectivity index (χ0n) is 48.5. The first-order valence-electron chi connectivity index (χ1n) is 30.5. The number of rotatable bonds is 16. The molecule has 4 aliphatic carbocycles. The summed E-state index contributed by atoms with van der Waals surface area (Å²) in [6.07, 6.45) is -31.3. The van der Waals surface area contributed by atoms with Crippen LogP contribution in [-0.4, -0.2) is 268 Å². The summed E-state index contributed by atoms with van der Waals surface area (Å²) in [4.78, 5) is 0. The van der Waals surface area contributed by atoms with Crippen molar-refractivity contribution >= 4 is 0 Å². The van der Waals surface area contributed by atoms with Crippen molar-refractivity contribution in [3.8, 4) is 0 Å². The summed E-state index contributed by atoms with van der Waals surface area (Å²) in [7, 11) is 0. The Hall–Kier alpha value is -1.04. The van der Waals surface area contributed by atoms with E-state index in [0.29, 0.717) is 43.4 Å². The molecule has 480 valence electrons. The van der Waals surface area contributed by atoms with Gasteiger partial charge in [-0.3, -0.25) is 0 Å². The van der Waals surface area contributed by atoms with E-state index in [4.69, 9.17) is 52.1 Å². The van der Waals surface area contributed by atoms with Crippen LogP contribution in [0.5, 0.6) is 0 Å². The van der Waals surface area contributed by atoms with E-state index in [-0.39, 0.29) is 47.2 Å². The quantitative estimate of drug-likeness (QED) is 0.0683. The van der Waals surface area contributed by atoms with Crippen LogP contribution >= 0.6 is 0 Å². The Kier molecular flexibility index (Phi) is 19.8. The lowest BCUT2D eigenvalue weighted by atomic mass is 9.44. The molecule has 6 heterocycles. The van der Waals surface area contributed by atoms with Gasteiger partial charge < -0.3 is 129 Å². The van der Waals surface area contributed by atoms with Gasteiger partial charge in [0.05, 0.1) is 50.3 Å². The molecule has 0 spiro atoms. The molecule has 37 unspecified atom stereocenters. The van der Waals surface area contributed by atoms with Crippen molar-refractivity contribution in [3.63, 3.8) is 0 Å². The van der Waals surface area contributed by atoms with E-state index >= 15 is 0 Å². The number of ether oxygens (including phenoxy) is 11. The zero-order valence-corrected chi connectivity index (χ0v) is 48.5. The Morgan fingerprint density at radius 2 is 1.00 bits per heavy atom. The van der Waals surface area contributed by atoms with Gasteiger partial charge >= 0.3 is 0 Å². The molecule has 10 rings (SSSR count). The van der Waals surface area contributed by atoms with Gasteiger partial charge in [-0.1, -0.05) is 27.7 Å². The van der Waals surface area contributed by atoms with Crippen molar-refractivity contribution in [1.82, 2.24) is 0 Å². The van der Waals surface area contributed by atoms with Crippen LogP contribution in [0.15, 0.2) is 0 Å². The third-order valence-corrected chi connectivity index (χ3v) is 22.1. The predicted molar refractivity (Wildman–Crippen MR) is 280 cm³/mol. The standard InChI is InChI=1S/C57H96O26/c1-21(20-73-50-43(68)42(67)38(63)32(18-58)78-50)10-15-57(72)22(2)34-31(83-57)17-30-28-9-8-26-16-27(11-13-55(26,6)29(28)12-14-56(30,34)7)77-54-49(82-53-46(71)41(66)37(62)25(5)76-53)48(81-52-45(70)40(65)36(61)24(4)75-52)47(33(19-59)79-54)80-51-44(69)39(64)35(60)23(3)74-51/h21-54,58-72H,8-20H2,1-7H3. The Balaban J connectivity index is 0.835. The van der Waals surface area contributed by atoms with Crippen LogP contribution in [0.4, 0.5) is 0 Å². The molecule has 83 heavy (non-hydrogen) atoms. The number of fused-ring (bicyclic) bond motifs is 7. The fourth-order valence-corrected chi connectivity index (χ4v) is 17.0. The van der Waals surface area contributed by atoms with Crippen molar-refractivity contribution < 1.29 is 129 Å². The molecule has 0 amide bonds. The fourth-order valence-electron chi connectivity index (χ4n) is 17.0. The average Bonchev–Trinajstić information content (AvgIpc) is 1.79. The van der Waals surface area contributed by atoms with Gasteiger partial charge in [-0.15, -0.1) is 0 Å². The Morgan fingerprint density at radius 1 is 0.494 bits per heavy atom. The maximum atomic E-state index is 12.2. The third-order valence-electron chi connectivity index (χ3n) is 22.1. The molecule has 6 saturated heterocycles. The molecule has 0 aromatic rings. The molecule has 0 radical (unpaired) electrons. The highest BCUT2D eigenvalue weighted by molar-refractivity contribution is 5.15. The van der Waals surface area contributed by atoms with E-state index < -0.39 is 179 Å². The number of aliphatic hydroxyl groups is 15. The molecular weight excluding hydrogens is 1100 g/mol. The Labute approximate surface area is 483 Å². The fraction of sp³-hybridized carbons (Fsp3) is 1.00. The summed E-state index contributed by atoms with van der Waals surface area (Å²) in [6, 6.07) is 0. The van der Waals surface area contributed by atoms with E-state index in [1.165, 1.54) is 20.8 Å². The molecule has 15 N–H and O–H groups in total. The lowest BCUT2D eigenvalue weighted by molar-refractivity contribution is -0.410. The topological polar surface area (TPSA) is 405 Å². The van der Waals surface area contributed by atoms with Crippen LogP contribution in [0.2, 0.25) is 0 Å². The molecule has 0 aromatic heterocycles. The van der Waals surface area contributed by atoms with Gasteiger partial charge in [0.15, 0.2) is 37.2 Å². The van der Waals surface area contributed by atoms with Crippen LogP contribution < -0.4 is 0 Å². The van der Waals surface area contributed by atoms with Gasteiger partial charge in [-0.25, -0.2) is 0 Å². The zero-order chi connectivity index (χ0) is 60.1. The second-order valence-corrected chi connectivity index (χ2v) is 27.0. The minimum Gasteiger partial charge on any atom is -0.394 e. The van der Waals surface area contributed by atoms with E-state index in [1.807, 2.05) is 6.92 Å². The lowest BCUT2D eigenvalue weighted by Gasteiger charge is -2.61. The highest BCUT2D eigenvalue weighted by atomic mass is 16.8. The summed E-state index contributed by atoms with van der Waals surface area (Å²) >= 11 is 0. The van der Waals surface area contributed by atoms with E-state index in [1.54, 1.807) is 0 Å². The average molecular weight is 1200 g/mol. The second kappa shape index (κ2) is 25.3. The third kappa shape index (κ3) is 11.9. The summed E-state index contributed by atoms with van der Waals surface area (Å²) in [5.74, 6) is -0.101. The van der Waals surface area contributed by atoms with Crippen molar-refractivity contribution in [2.75, 3.05) is 19.8 Å². The van der Waals surface area contributed by atoms with Crippen LogP contribution in [0, 0.1) is 52.3 Å². The molecule has 26 heteroatoms. The van der Waals surface area contributed by atoms with Gasteiger partial charge in [0, 0.05) is 12.3 Å². The summed E-state index contributed by atoms with van der Waals surface area (Å²) < 4.78 is 68.6. The van der Waals surface area contributed by atoms with Crippen molar-refractivity contribution in [1.29, 1.82) is 0 Å². The molecule has 0 bridgehead atoms. The van der Waals surface area contributed by atoms with E-state index in [0.717, 1.165) is 38.5 Å².